The summed E-state index contributed by atoms with van der Waals surface area (Å²) in [7, 11) is 0. The Hall–Kier alpha value is -1.63. The van der Waals surface area contributed by atoms with Crippen molar-refractivity contribution in [3.63, 3.8) is 0 Å². The summed E-state index contributed by atoms with van der Waals surface area (Å²) in [5.74, 6) is -0.0126. The topological polar surface area (TPSA) is 87.7 Å². The first-order valence-electron chi connectivity index (χ1n) is 11.3. The molecule has 0 bridgehead atoms. The molecule has 7 nitrogen and oxygen atoms in total. The average molecular weight is 410 g/mol. The molecule has 3 amide bonds. The second-order valence-corrected chi connectivity index (χ2v) is 9.01. The van der Waals surface area contributed by atoms with E-state index in [4.69, 9.17) is 4.74 Å². The van der Waals surface area contributed by atoms with Gasteiger partial charge in [-0.2, -0.15) is 0 Å². The third-order valence-electron chi connectivity index (χ3n) is 6.02. The zero-order valence-electron chi connectivity index (χ0n) is 18.5. The van der Waals surface area contributed by atoms with Crippen LogP contribution < -0.4 is 10.6 Å². The van der Waals surface area contributed by atoms with E-state index in [0.717, 1.165) is 12.8 Å². The van der Waals surface area contributed by atoms with Crippen molar-refractivity contribution in [3.8, 4) is 0 Å². The normalized spacial score (nSPS) is 22.8. The first-order valence-corrected chi connectivity index (χ1v) is 11.3. The van der Waals surface area contributed by atoms with E-state index < -0.39 is 12.1 Å². The van der Waals surface area contributed by atoms with E-state index in [-0.39, 0.29) is 29.7 Å². The fourth-order valence-electron chi connectivity index (χ4n) is 4.22. The summed E-state index contributed by atoms with van der Waals surface area (Å²) in [6.45, 7) is 8.75. The second-order valence-electron chi connectivity index (χ2n) is 9.01. The van der Waals surface area contributed by atoms with Crippen LogP contribution in [-0.2, 0) is 19.1 Å². The van der Waals surface area contributed by atoms with Crippen LogP contribution in [0.15, 0.2) is 0 Å². The predicted octanol–water partition coefficient (Wildman–Crippen LogP) is 2.24. The highest BCUT2D eigenvalue weighted by molar-refractivity contribution is 5.89. The number of rotatable bonds is 8. The van der Waals surface area contributed by atoms with Gasteiger partial charge < -0.3 is 20.3 Å². The van der Waals surface area contributed by atoms with Gasteiger partial charge in [-0.3, -0.25) is 14.4 Å². The first-order chi connectivity index (χ1) is 13.8. The third-order valence-corrected chi connectivity index (χ3v) is 6.02. The molecule has 0 aromatic rings. The van der Waals surface area contributed by atoms with Gasteiger partial charge in [-0.1, -0.05) is 33.1 Å². The summed E-state index contributed by atoms with van der Waals surface area (Å²) in [5.41, 5.74) is 0. The number of amides is 3. The molecule has 0 aromatic heterocycles. The van der Waals surface area contributed by atoms with E-state index in [2.05, 4.69) is 10.6 Å². The lowest BCUT2D eigenvalue weighted by atomic mass is 9.90. The minimum Gasteiger partial charge on any atom is -0.376 e. The Bertz CT molecular complexity index is 560. The lowest BCUT2D eigenvalue weighted by molar-refractivity contribution is -0.143. The van der Waals surface area contributed by atoms with Gasteiger partial charge in [0.25, 0.3) is 0 Å². The van der Waals surface area contributed by atoms with Gasteiger partial charge in [-0.05, 0) is 38.5 Å². The number of carbonyl (C=O) groups excluding carboxylic acids is 3. The molecule has 1 heterocycles. The van der Waals surface area contributed by atoms with Gasteiger partial charge in [-0.25, -0.2) is 0 Å². The van der Waals surface area contributed by atoms with Gasteiger partial charge in [0.1, 0.15) is 6.04 Å². The highest BCUT2D eigenvalue weighted by Gasteiger charge is 2.34. The van der Waals surface area contributed by atoms with Crippen molar-refractivity contribution in [2.75, 3.05) is 19.7 Å². The van der Waals surface area contributed by atoms with Gasteiger partial charge in [0.2, 0.25) is 17.7 Å². The number of likely N-dealkylation sites (tertiary alicyclic amines) is 1. The maximum atomic E-state index is 13.3. The van der Waals surface area contributed by atoms with Crippen LogP contribution in [0.4, 0.5) is 0 Å². The Morgan fingerprint density at radius 3 is 2.34 bits per heavy atom. The van der Waals surface area contributed by atoms with Crippen LogP contribution in [0.1, 0.15) is 72.6 Å². The minimum absolute atomic E-state index is 0.0369. The molecule has 3 unspecified atom stereocenters. The van der Waals surface area contributed by atoms with Gasteiger partial charge >= 0.3 is 0 Å². The average Bonchev–Trinajstić information content (AvgIpc) is 2.70. The number of hydrogen-bond donors (Lipinski definition) is 2. The summed E-state index contributed by atoms with van der Waals surface area (Å²) >= 11 is 0. The standard InChI is InChI=1S/C22H39N3O4/c1-15(2)21(27)24-20(16(3)29-14-18-9-6-5-7-10-18)22(28)25-12-8-11-19(13-25)23-17(4)26/h15-16,18-20H,5-14H2,1-4H3,(H,23,26)(H,24,27). The van der Waals surface area contributed by atoms with Crippen molar-refractivity contribution in [2.45, 2.75) is 90.8 Å². The Morgan fingerprint density at radius 2 is 1.72 bits per heavy atom. The van der Waals surface area contributed by atoms with Crippen LogP contribution >= 0.6 is 0 Å². The molecule has 29 heavy (non-hydrogen) atoms. The molecule has 7 heteroatoms. The highest BCUT2D eigenvalue weighted by atomic mass is 16.5. The van der Waals surface area contributed by atoms with Gasteiger partial charge in [0, 0.05) is 38.6 Å². The molecular weight excluding hydrogens is 370 g/mol. The fourth-order valence-corrected chi connectivity index (χ4v) is 4.22. The largest absolute Gasteiger partial charge is 0.376 e. The van der Waals surface area contributed by atoms with Crippen molar-refractivity contribution in [2.24, 2.45) is 11.8 Å². The summed E-state index contributed by atoms with van der Waals surface area (Å²) in [5, 5.41) is 5.82. The monoisotopic (exact) mass is 409 g/mol. The zero-order chi connectivity index (χ0) is 21.4. The molecule has 2 N–H and O–H groups in total. The minimum atomic E-state index is -0.704. The lowest BCUT2D eigenvalue weighted by Gasteiger charge is -2.37. The lowest BCUT2D eigenvalue weighted by Crippen LogP contribution is -2.58. The molecule has 166 valence electrons. The third kappa shape index (κ3) is 7.61. The van der Waals surface area contributed by atoms with Crippen molar-refractivity contribution >= 4 is 17.7 Å². The zero-order valence-corrected chi connectivity index (χ0v) is 18.5. The molecule has 2 rings (SSSR count). The molecule has 0 aromatic carbocycles. The van der Waals surface area contributed by atoms with Crippen molar-refractivity contribution in [1.82, 2.24) is 15.5 Å². The van der Waals surface area contributed by atoms with Crippen LogP contribution in [0.5, 0.6) is 0 Å². The second kappa shape index (κ2) is 11.5. The van der Waals surface area contributed by atoms with Crippen LogP contribution in [0, 0.1) is 11.8 Å². The Balaban J connectivity index is 2.01. The Labute approximate surface area is 175 Å². The van der Waals surface area contributed by atoms with Crippen LogP contribution in [-0.4, -0.2) is 60.5 Å². The molecule has 2 fully saturated rings. The van der Waals surface area contributed by atoms with Gasteiger partial charge in [0.15, 0.2) is 0 Å². The molecule has 0 radical (unpaired) electrons. The van der Waals surface area contributed by atoms with E-state index >= 15 is 0 Å². The van der Waals surface area contributed by atoms with Crippen LogP contribution in [0.25, 0.3) is 0 Å². The maximum absolute atomic E-state index is 13.3. The SMILES string of the molecule is CC(=O)NC1CCCN(C(=O)C(NC(=O)C(C)C)C(C)OCC2CCCCC2)C1. The quantitative estimate of drug-likeness (QED) is 0.644. The summed E-state index contributed by atoms with van der Waals surface area (Å²) in [6, 6.07) is -0.741. The van der Waals surface area contributed by atoms with Crippen molar-refractivity contribution < 1.29 is 19.1 Å². The Morgan fingerprint density at radius 1 is 1.03 bits per heavy atom. The predicted molar refractivity (Wildman–Crippen MR) is 112 cm³/mol. The molecule has 1 saturated heterocycles. The number of nitrogens with one attached hydrogen (secondary N) is 2. The summed E-state index contributed by atoms with van der Waals surface area (Å²) < 4.78 is 6.10. The molecule has 3 atom stereocenters. The molecule has 2 aliphatic rings. The molecule has 1 saturated carbocycles. The number of carbonyl (C=O) groups is 3. The Kier molecular flexibility index (Phi) is 9.40. The molecule has 0 spiro atoms. The van der Waals surface area contributed by atoms with Crippen molar-refractivity contribution in [1.29, 1.82) is 0 Å². The van der Waals surface area contributed by atoms with Gasteiger partial charge in [0.05, 0.1) is 6.10 Å². The van der Waals surface area contributed by atoms with Crippen LogP contribution in [0.3, 0.4) is 0 Å². The maximum Gasteiger partial charge on any atom is 0.247 e. The summed E-state index contributed by atoms with van der Waals surface area (Å²) in [4.78, 5) is 38.8. The smallest absolute Gasteiger partial charge is 0.247 e. The van der Waals surface area contributed by atoms with Crippen molar-refractivity contribution in [3.05, 3.63) is 0 Å². The number of ether oxygens (including phenoxy) is 1. The summed E-state index contributed by atoms with van der Waals surface area (Å²) in [6.07, 6.45) is 7.43. The molecular formula is C22H39N3O4. The molecule has 1 aliphatic heterocycles. The van der Waals surface area contributed by atoms with E-state index in [1.165, 1.54) is 39.0 Å². The highest BCUT2D eigenvalue weighted by Crippen LogP contribution is 2.24. The first kappa shape index (κ1) is 23.6. The van der Waals surface area contributed by atoms with Gasteiger partial charge in [-0.15, -0.1) is 0 Å². The van der Waals surface area contributed by atoms with E-state index in [0.29, 0.717) is 25.6 Å². The number of nitrogens with zero attached hydrogens (tertiary/aromatic N) is 1. The number of hydrogen-bond acceptors (Lipinski definition) is 4. The van der Waals surface area contributed by atoms with Crippen LogP contribution in [0.2, 0.25) is 0 Å². The fraction of sp³-hybridized carbons (Fsp3) is 0.864. The van der Waals surface area contributed by atoms with E-state index in [1.807, 2.05) is 20.8 Å². The number of piperidine rings is 1. The molecule has 1 aliphatic carbocycles. The van der Waals surface area contributed by atoms with E-state index in [9.17, 15) is 14.4 Å². The van der Waals surface area contributed by atoms with E-state index in [1.54, 1.807) is 4.90 Å².